The number of carbonyl (C=O) groups is 1. The van der Waals surface area contributed by atoms with Gasteiger partial charge in [-0.05, 0) is 36.6 Å². The van der Waals surface area contributed by atoms with E-state index in [1.54, 1.807) is 24.3 Å². The van der Waals surface area contributed by atoms with Crippen molar-refractivity contribution in [2.45, 2.75) is 19.8 Å². The highest BCUT2D eigenvalue weighted by molar-refractivity contribution is 6.30. The molecular weight excluding hydrogens is 222 g/mol. The molecule has 1 aliphatic heterocycles. The van der Waals surface area contributed by atoms with Crippen molar-refractivity contribution < 1.29 is 4.79 Å². The van der Waals surface area contributed by atoms with Crippen LogP contribution in [0.5, 0.6) is 0 Å². The number of nitrogens with zero attached hydrogens (tertiary/aromatic N) is 1. The molecule has 1 aromatic rings. The summed E-state index contributed by atoms with van der Waals surface area (Å²) in [6, 6.07) is 7.12. The molecule has 0 radical (unpaired) electrons. The number of halogens is 1. The molecule has 1 heterocycles. The van der Waals surface area contributed by atoms with Crippen molar-refractivity contribution in [3.8, 4) is 0 Å². The lowest BCUT2D eigenvalue weighted by atomic mass is 10.1. The fourth-order valence-electron chi connectivity index (χ4n) is 2.13. The predicted octanol–water partition coefficient (Wildman–Crippen LogP) is 3.21. The van der Waals surface area contributed by atoms with Gasteiger partial charge in [-0.3, -0.25) is 4.79 Å². The van der Waals surface area contributed by atoms with Gasteiger partial charge in [0.1, 0.15) is 0 Å². The molecule has 0 spiro atoms. The molecule has 1 aliphatic rings. The molecule has 1 amide bonds. The topological polar surface area (TPSA) is 20.3 Å². The molecule has 2 rings (SSSR count). The highest BCUT2D eigenvalue weighted by Crippen LogP contribution is 2.21. The van der Waals surface area contributed by atoms with Gasteiger partial charge in [0.2, 0.25) is 0 Å². The zero-order valence-electron chi connectivity index (χ0n) is 9.45. The van der Waals surface area contributed by atoms with Gasteiger partial charge in [-0.25, -0.2) is 0 Å². The fraction of sp³-hybridized carbons (Fsp3) is 0.462. The van der Waals surface area contributed by atoms with E-state index < -0.39 is 0 Å². The first-order valence-corrected chi connectivity index (χ1v) is 6.13. The lowest BCUT2D eigenvalue weighted by molar-refractivity contribution is 0.0787. The van der Waals surface area contributed by atoms with E-state index in [4.69, 9.17) is 11.6 Å². The minimum Gasteiger partial charge on any atom is -0.338 e. The highest BCUT2D eigenvalue weighted by Gasteiger charge is 2.25. The average Bonchev–Trinajstić information content (AvgIpc) is 2.77. The summed E-state index contributed by atoms with van der Waals surface area (Å²) in [5.41, 5.74) is 0.737. The summed E-state index contributed by atoms with van der Waals surface area (Å²) in [5.74, 6) is 0.809. The van der Waals surface area contributed by atoms with E-state index in [0.29, 0.717) is 10.9 Å². The standard InChI is InChI=1S/C13H16ClNO/c1-2-10-7-8-15(9-10)13(16)11-3-5-12(14)6-4-11/h3-6,10H,2,7-9H2,1H3/t10-/m0/s1. The molecule has 1 aromatic carbocycles. The predicted molar refractivity (Wildman–Crippen MR) is 65.8 cm³/mol. The minimum absolute atomic E-state index is 0.132. The van der Waals surface area contributed by atoms with E-state index in [9.17, 15) is 4.79 Å². The lowest BCUT2D eigenvalue weighted by Crippen LogP contribution is -2.28. The molecule has 1 atom stereocenters. The third kappa shape index (κ3) is 2.38. The van der Waals surface area contributed by atoms with Crippen LogP contribution in [0.25, 0.3) is 0 Å². The number of carbonyl (C=O) groups excluding carboxylic acids is 1. The van der Waals surface area contributed by atoms with Gasteiger partial charge < -0.3 is 4.90 Å². The Morgan fingerprint density at radius 1 is 1.44 bits per heavy atom. The summed E-state index contributed by atoms with van der Waals surface area (Å²) in [7, 11) is 0. The van der Waals surface area contributed by atoms with Crippen molar-refractivity contribution in [3.63, 3.8) is 0 Å². The highest BCUT2D eigenvalue weighted by atomic mass is 35.5. The second-order valence-corrected chi connectivity index (χ2v) is 4.76. The van der Waals surface area contributed by atoms with Crippen molar-refractivity contribution in [3.05, 3.63) is 34.9 Å². The van der Waals surface area contributed by atoms with Crippen LogP contribution in [0.4, 0.5) is 0 Å². The largest absolute Gasteiger partial charge is 0.338 e. The van der Waals surface area contributed by atoms with E-state index in [1.807, 2.05) is 4.90 Å². The van der Waals surface area contributed by atoms with Crippen LogP contribution in [-0.4, -0.2) is 23.9 Å². The molecule has 3 heteroatoms. The van der Waals surface area contributed by atoms with Crippen molar-refractivity contribution >= 4 is 17.5 Å². The Hall–Kier alpha value is -1.02. The summed E-state index contributed by atoms with van der Waals surface area (Å²) in [4.78, 5) is 14.0. The van der Waals surface area contributed by atoms with E-state index >= 15 is 0 Å². The van der Waals surface area contributed by atoms with Gasteiger partial charge in [-0.15, -0.1) is 0 Å². The van der Waals surface area contributed by atoms with E-state index in [-0.39, 0.29) is 5.91 Å². The molecule has 1 fully saturated rings. The smallest absolute Gasteiger partial charge is 0.253 e. The molecular formula is C13H16ClNO. The van der Waals surface area contributed by atoms with Crippen LogP contribution in [-0.2, 0) is 0 Å². The SMILES string of the molecule is CC[C@H]1CCN(C(=O)c2ccc(Cl)cc2)C1. The number of rotatable bonds is 2. The fourth-order valence-corrected chi connectivity index (χ4v) is 2.25. The van der Waals surface area contributed by atoms with Crippen LogP contribution in [0, 0.1) is 5.92 Å². The maximum absolute atomic E-state index is 12.1. The molecule has 86 valence electrons. The summed E-state index contributed by atoms with van der Waals surface area (Å²) < 4.78 is 0. The first-order chi connectivity index (χ1) is 7.70. The number of hydrogen-bond acceptors (Lipinski definition) is 1. The molecule has 1 saturated heterocycles. The Kier molecular flexibility index (Phi) is 3.49. The van der Waals surface area contributed by atoms with Crippen molar-refractivity contribution in [1.82, 2.24) is 4.90 Å². The molecule has 0 bridgehead atoms. The Balaban J connectivity index is 2.05. The molecule has 0 N–H and O–H groups in total. The Morgan fingerprint density at radius 2 is 2.12 bits per heavy atom. The Bertz CT molecular complexity index is 374. The van der Waals surface area contributed by atoms with Gasteiger partial charge in [0.15, 0.2) is 0 Å². The average molecular weight is 238 g/mol. The van der Waals surface area contributed by atoms with Crippen molar-refractivity contribution in [2.75, 3.05) is 13.1 Å². The van der Waals surface area contributed by atoms with Crippen LogP contribution in [0.1, 0.15) is 30.1 Å². The summed E-state index contributed by atoms with van der Waals surface area (Å²) >= 11 is 5.80. The third-order valence-electron chi connectivity index (χ3n) is 3.24. The molecule has 2 nitrogen and oxygen atoms in total. The summed E-state index contributed by atoms with van der Waals surface area (Å²) in [6.07, 6.45) is 2.29. The van der Waals surface area contributed by atoms with Gasteiger partial charge >= 0.3 is 0 Å². The molecule has 0 aromatic heterocycles. The first kappa shape index (κ1) is 11.5. The van der Waals surface area contributed by atoms with Gasteiger partial charge in [0, 0.05) is 23.7 Å². The molecule has 0 unspecified atom stereocenters. The monoisotopic (exact) mass is 237 g/mol. The number of benzene rings is 1. The zero-order valence-corrected chi connectivity index (χ0v) is 10.2. The van der Waals surface area contributed by atoms with Crippen LogP contribution in [0.15, 0.2) is 24.3 Å². The van der Waals surface area contributed by atoms with Crippen molar-refractivity contribution in [1.29, 1.82) is 0 Å². The summed E-state index contributed by atoms with van der Waals surface area (Å²) in [6.45, 7) is 3.97. The quantitative estimate of drug-likeness (QED) is 0.774. The van der Waals surface area contributed by atoms with E-state index in [0.717, 1.165) is 31.5 Å². The number of amides is 1. The third-order valence-corrected chi connectivity index (χ3v) is 3.49. The van der Waals surface area contributed by atoms with Gasteiger partial charge in [-0.1, -0.05) is 24.9 Å². The van der Waals surface area contributed by atoms with Crippen molar-refractivity contribution in [2.24, 2.45) is 5.92 Å². The van der Waals surface area contributed by atoms with Crippen LogP contribution in [0.2, 0.25) is 5.02 Å². The Morgan fingerprint density at radius 3 is 2.69 bits per heavy atom. The zero-order chi connectivity index (χ0) is 11.5. The Labute approximate surface area is 101 Å². The second kappa shape index (κ2) is 4.88. The van der Waals surface area contributed by atoms with Crippen LogP contribution >= 0.6 is 11.6 Å². The lowest BCUT2D eigenvalue weighted by Gasteiger charge is -2.16. The maximum Gasteiger partial charge on any atom is 0.253 e. The van der Waals surface area contributed by atoms with Crippen LogP contribution < -0.4 is 0 Å². The summed E-state index contributed by atoms with van der Waals surface area (Å²) in [5, 5.41) is 0.671. The van der Waals surface area contributed by atoms with Gasteiger partial charge in [0.25, 0.3) is 5.91 Å². The first-order valence-electron chi connectivity index (χ1n) is 5.75. The molecule has 0 saturated carbocycles. The van der Waals surface area contributed by atoms with E-state index in [2.05, 4.69) is 6.92 Å². The molecule has 16 heavy (non-hydrogen) atoms. The number of likely N-dealkylation sites (tertiary alicyclic amines) is 1. The van der Waals surface area contributed by atoms with Gasteiger partial charge in [-0.2, -0.15) is 0 Å². The normalized spacial score (nSPS) is 20.1. The number of hydrogen-bond donors (Lipinski definition) is 0. The maximum atomic E-state index is 12.1. The second-order valence-electron chi connectivity index (χ2n) is 4.32. The van der Waals surface area contributed by atoms with E-state index in [1.165, 1.54) is 0 Å². The minimum atomic E-state index is 0.132. The molecule has 0 aliphatic carbocycles. The van der Waals surface area contributed by atoms with Gasteiger partial charge in [0.05, 0.1) is 0 Å². The van der Waals surface area contributed by atoms with Crippen LogP contribution in [0.3, 0.4) is 0 Å².